The second-order valence-corrected chi connectivity index (χ2v) is 6.21. The number of furan rings is 1. The highest BCUT2D eigenvalue weighted by Gasteiger charge is 2.44. The first-order chi connectivity index (χ1) is 9.69. The first-order valence-corrected chi connectivity index (χ1v) is 7.71. The van der Waals surface area contributed by atoms with Crippen LogP contribution in [0.1, 0.15) is 57.3 Å². The van der Waals surface area contributed by atoms with Crippen LogP contribution in [0.25, 0.3) is 0 Å². The topological polar surface area (TPSA) is 53.7 Å². The van der Waals surface area contributed by atoms with Gasteiger partial charge in [0.15, 0.2) is 0 Å². The van der Waals surface area contributed by atoms with Gasteiger partial charge in [0.05, 0.1) is 12.3 Å². The molecule has 2 aliphatic heterocycles. The lowest BCUT2D eigenvalue weighted by molar-refractivity contribution is -0.138. The SMILES string of the molecule is CCC(c1ccco1)N1C2CCC1CC(CC(=O)O)C2. The molecule has 0 aromatic carbocycles. The molecule has 0 spiro atoms. The van der Waals surface area contributed by atoms with Crippen LogP contribution in [0.2, 0.25) is 0 Å². The van der Waals surface area contributed by atoms with Gasteiger partial charge in [-0.25, -0.2) is 0 Å². The minimum Gasteiger partial charge on any atom is -0.481 e. The monoisotopic (exact) mass is 277 g/mol. The van der Waals surface area contributed by atoms with Crippen molar-refractivity contribution >= 4 is 5.97 Å². The van der Waals surface area contributed by atoms with Crippen molar-refractivity contribution in [3.8, 4) is 0 Å². The lowest BCUT2D eigenvalue weighted by atomic mass is 9.86. The van der Waals surface area contributed by atoms with E-state index in [1.807, 2.05) is 6.07 Å². The summed E-state index contributed by atoms with van der Waals surface area (Å²) in [6.45, 7) is 2.20. The fraction of sp³-hybridized carbons (Fsp3) is 0.688. The Hall–Kier alpha value is -1.29. The molecule has 2 fully saturated rings. The number of carboxylic acid groups (broad SMARTS) is 1. The van der Waals surface area contributed by atoms with E-state index in [2.05, 4.69) is 17.9 Å². The van der Waals surface area contributed by atoms with E-state index in [0.717, 1.165) is 25.0 Å². The largest absolute Gasteiger partial charge is 0.481 e. The van der Waals surface area contributed by atoms with Crippen LogP contribution in [0.15, 0.2) is 22.8 Å². The maximum Gasteiger partial charge on any atom is 0.303 e. The van der Waals surface area contributed by atoms with Crippen LogP contribution in [0.3, 0.4) is 0 Å². The molecule has 1 N–H and O–H groups in total. The molecule has 4 heteroatoms. The van der Waals surface area contributed by atoms with E-state index in [9.17, 15) is 4.79 Å². The van der Waals surface area contributed by atoms with E-state index in [1.165, 1.54) is 12.8 Å². The summed E-state index contributed by atoms with van der Waals surface area (Å²) in [6, 6.07) is 5.45. The number of hydrogen-bond donors (Lipinski definition) is 1. The van der Waals surface area contributed by atoms with Crippen LogP contribution >= 0.6 is 0 Å². The molecule has 4 nitrogen and oxygen atoms in total. The molecule has 2 aliphatic rings. The van der Waals surface area contributed by atoms with Crippen molar-refractivity contribution in [2.45, 2.75) is 63.6 Å². The van der Waals surface area contributed by atoms with Gasteiger partial charge in [-0.05, 0) is 50.2 Å². The van der Waals surface area contributed by atoms with Crippen molar-refractivity contribution in [2.75, 3.05) is 0 Å². The van der Waals surface area contributed by atoms with E-state index >= 15 is 0 Å². The molecule has 0 radical (unpaired) electrons. The standard InChI is InChI=1S/C16H23NO3/c1-2-14(15-4-3-7-20-15)17-12-5-6-13(17)9-11(8-12)10-16(18)19/h3-4,7,11-14H,2,5-6,8-10H2,1H3,(H,18,19). The summed E-state index contributed by atoms with van der Waals surface area (Å²) in [5.41, 5.74) is 0. The number of fused-ring (bicyclic) bond motifs is 2. The van der Waals surface area contributed by atoms with Gasteiger partial charge >= 0.3 is 5.97 Å². The summed E-state index contributed by atoms with van der Waals surface area (Å²) in [6.07, 6.45) is 7.59. The first kappa shape index (κ1) is 13.7. The molecule has 0 amide bonds. The molecular formula is C16H23NO3. The van der Waals surface area contributed by atoms with Crippen LogP contribution < -0.4 is 0 Å². The third-order valence-electron chi connectivity index (χ3n) is 4.97. The lowest BCUT2D eigenvalue weighted by Crippen LogP contribution is -2.45. The average molecular weight is 277 g/mol. The Morgan fingerprint density at radius 3 is 2.65 bits per heavy atom. The minimum absolute atomic E-state index is 0.332. The summed E-state index contributed by atoms with van der Waals surface area (Å²) in [4.78, 5) is 13.5. The summed E-state index contributed by atoms with van der Waals surface area (Å²) in [5, 5.41) is 9.00. The molecular weight excluding hydrogens is 254 g/mol. The van der Waals surface area contributed by atoms with Gasteiger partial charge in [-0.15, -0.1) is 0 Å². The van der Waals surface area contributed by atoms with Gasteiger partial charge in [0, 0.05) is 18.5 Å². The summed E-state index contributed by atoms with van der Waals surface area (Å²) in [5.74, 6) is 0.761. The first-order valence-electron chi connectivity index (χ1n) is 7.71. The third-order valence-corrected chi connectivity index (χ3v) is 4.97. The Morgan fingerprint density at radius 2 is 2.15 bits per heavy atom. The van der Waals surface area contributed by atoms with Crippen molar-refractivity contribution in [3.63, 3.8) is 0 Å². The van der Waals surface area contributed by atoms with E-state index in [4.69, 9.17) is 9.52 Å². The normalized spacial score (nSPS) is 31.4. The van der Waals surface area contributed by atoms with Crippen LogP contribution in [0.4, 0.5) is 0 Å². The van der Waals surface area contributed by atoms with Crippen LogP contribution in [-0.2, 0) is 4.79 Å². The highest BCUT2D eigenvalue weighted by atomic mass is 16.4. The number of hydrogen-bond acceptors (Lipinski definition) is 3. The molecule has 0 aliphatic carbocycles. The number of aliphatic carboxylic acids is 1. The fourth-order valence-electron chi connectivity index (χ4n) is 4.29. The quantitative estimate of drug-likeness (QED) is 0.895. The highest BCUT2D eigenvalue weighted by molar-refractivity contribution is 5.67. The van der Waals surface area contributed by atoms with Crippen LogP contribution in [-0.4, -0.2) is 28.1 Å². The average Bonchev–Trinajstić information content (AvgIpc) is 2.99. The molecule has 20 heavy (non-hydrogen) atoms. The Balaban J connectivity index is 1.74. The predicted molar refractivity (Wildman–Crippen MR) is 75.4 cm³/mol. The predicted octanol–water partition coefficient (Wildman–Crippen LogP) is 3.45. The Labute approximate surface area is 119 Å². The molecule has 3 unspecified atom stereocenters. The molecule has 1 aromatic rings. The maximum absolute atomic E-state index is 10.9. The number of piperidine rings is 1. The summed E-state index contributed by atoms with van der Waals surface area (Å²) >= 11 is 0. The van der Waals surface area contributed by atoms with Gasteiger partial charge < -0.3 is 9.52 Å². The maximum atomic E-state index is 10.9. The highest BCUT2D eigenvalue weighted by Crippen LogP contribution is 2.45. The second kappa shape index (κ2) is 5.60. The Kier molecular flexibility index (Phi) is 3.83. The van der Waals surface area contributed by atoms with Crippen molar-refractivity contribution in [2.24, 2.45) is 5.92 Å². The van der Waals surface area contributed by atoms with Gasteiger partial charge in [-0.2, -0.15) is 0 Å². The number of nitrogens with zero attached hydrogens (tertiary/aromatic N) is 1. The third kappa shape index (κ3) is 2.49. The molecule has 3 rings (SSSR count). The van der Waals surface area contributed by atoms with Gasteiger partial charge in [-0.3, -0.25) is 9.69 Å². The summed E-state index contributed by atoms with van der Waals surface area (Å²) < 4.78 is 5.62. The van der Waals surface area contributed by atoms with Crippen molar-refractivity contribution in [1.29, 1.82) is 0 Å². The van der Waals surface area contributed by atoms with Crippen molar-refractivity contribution in [1.82, 2.24) is 4.90 Å². The zero-order valence-corrected chi connectivity index (χ0v) is 12.0. The summed E-state index contributed by atoms with van der Waals surface area (Å²) in [7, 11) is 0. The zero-order valence-electron chi connectivity index (χ0n) is 12.0. The van der Waals surface area contributed by atoms with E-state index < -0.39 is 5.97 Å². The van der Waals surface area contributed by atoms with E-state index in [0.29, 0.717) is 30.5 Å². The molecule has 110 valence electrons. The lowest BCUT2D eigenvalue weighted by Gasteiger charge is -2.42. The molecule has 0 saturated carbocycles. The number of carbonyl (C=O) groups is 1. The minimum atomic E-state index is -0.652. The Bertz CT molecular complexity index is 442. The van der Waals surface area contributed by atoms with Crippen LogP contribution in [0, 0.1) is 5.92 Å². The molecule has 1 aromatic heterocycles. The molecule has 2 saturated heterocycles. The van der Waals surface area contributed by atoms with Crippen molar-refractivity contribution in [3.05, 3.63) is 24.2 Å². The zero-order chi connectivity index (χ0) is 14.1. The van der Waals surface area contributed by atoms with E-state index in [-0.39, 0.29) is 0 Å². The van der Waals surface area contributed by atoms with Gasteiger partial charge in [-0.1, -0.05) is 6.92 Å². The van der Waals surface area contributed by atoms with Crippen molar-refractivity contribution < 1.29 is 14.3 Å². The fourth-order valence-corrected chi connectivity index (χ4v) is 4.29. The number of carboxylic acids is 1. The van der Waals surface area contributed by atoms with Gasteiger partial charge in [0.2, 0.25) is 0 Å². The van der Waals surface area contributed by atoms with Gasteiger partial charge in [0.25, 0.3) is 0 Å². The molecule has 3 atom stereocenters. The van der Waals surface area contributed by atoms with Gasteiger partial charge in [0.1, 0.15) is 5.76 Å². The molecule has 3 heterocycles. The van der Waals surface area contributed by atoms with E-state index in [1.54, 1.807) is 6.26 Å². The molecule has 2 bridgehead atoms. The smallest absolute Gasteiger partial charge is 0.303 e. The van der Waals surface area contributed by atoms with Crippen LogP contribution in [0.5, 0.6) is 0 Å². The second-order valence-electron chi connectivity index (χ2n) is 6.21. The Morgan fingerprint density at radius 1 is 1.45 bits per heavy atom. The number of rotatable bonds is 5.